The third kappa shape index (κ3) is 5.48. The molecular formula is C25H31ClN2O4S. The molecule has 0 aliphatic carbocycles. The first kappa shape index (κ1) is 25.4. The summed E-state index contributed by atoms with van der Waals surface area (Å²) in [6.07, 6.45) is 2.39. The van der Waals surface area contributed by atoms with E-state index in [1.54, 1.807) is 0 Å². The van der Waals surface area contributed by atoms with Crippen molar-refractivity contribution in [1.29, 1.82) is 0 Å². The first-order chi connectivity index (χ1) is 15.6. The van der Waals surface area contributed by atoms with Crippen molar-refractivity contribution in [3.63, 3.8) is 0 Å². The molecule has 0 saturated carbocycles. The molecule has 6 nitrogen and oxygen atoms in total. The van der Waals surface area contributed by atoms with Crippen LogP contribution >= 0.6 is 11.6 Å². The average molecular weight is 491 g/mol. The minimum atomic E-state index is -3.67. The molecule has 1 aliphatic rings. The number of ketones is 1. The highest BCUT2D eigenvalue weighted by Crippen LogP contribution is 2.32. The number of sulfonamides is 1. The highest BCUT2D eigenvalue weighted by atomic mass is 35.5. The molecule has 1 aliphatic heterocycles. The van der Waals surface area contributed by atoms with E-state index in [-0.39, 0.29) is 35.6 Å². The highest BCUT2D eigenvalue weighted by molar-refractivity contribution is 7.89. The van der Waals surface area contributed by atoms with Gasteiger partial charge in [0.05, 0.1) is 10.4 Å². The monoisotopic (exact) mass is 490 g/mol. The van der Waals surface area contributed by atoms with Crippen molar-refractivity contribution >= 4 is 33.3 Å². The Morgan fingerprint density at radius 1 is 1.00 bits per heavy atom. The molecule has 1 heterocycles. The van der Waals surface area contributed by atoms with E-state index in [0.29, 0.717) is 23.4 Å². The summed E-state index contributed by atoms with van der Waals surface area (Å²) in [7, 11) is -3.67. The van der Waals surface area contributed by atoms with Crippen molar-refractivity contribution in [1.82, 2.24) is 9.62 Å². The van der Waals surface area contributed by atoms with Gasteiger partial charge in [0.15, 0.2) is 5.78 Å². The highest BCUT2D eigenvalue weighted by Gasteiger charge is 2.36. The molecule has 2 aromatic rings. The van der Waals surface area contributed by atoms with Crippen LogP contribution in [0.15, 0.2) is 53.4 Å². The second-order valence-electron chi connectivity index (χ2n) is 8.54. The van der Waals surface area contributed by atoms with Crippen molar-refractivity contribution in [3.05, 3.63) is 64.7 Å². The number of halogens is 1. The van der Waals surface area contributed by atoms with Crippen molar-refractivity contribution in [3.8, 4) is 0 Å². The fraction of sp³-hybridized carbons (Fsp3) is 0.440. The first-order valence-corrected chi connectivity index (χ1v) is 13.1. The van der Waals surface area contributed by atoms with E-state index in [0.717, 1.165) is 18.4 Å². The number of Topliss-reactive ketones (excluding diaryl/α,β-unsaturated/α-hetero) is 1. The van der Waals surface area contributed by atoms with Gasteiger partial charge < -0.3 is 5.32 Å². The number of rotatable bonds is 8. The Kier molecular flexibility index (Phi) is 7.98. The van der Waals surface area contributed by atoms with E-state index in [4.69, 9.17) is 11.6 Å². The molecule has 1 fully saturated rings. The van der Waals surface area contributed by atoms with Crippen molar-refractivity contribution < 1.29 is 18.0 Å². The van der Waals surface area contributed by atoms with Crippen molar-refractivity contribution in [2.75, 3.05) is 13.1 Å². The third-order valence-electron chi connectivity index (χ3n) is 6.69. The number of hydrogen-bond acceptors (Lipinski definition) is 4. The van der Waals surface area contributed by atoms with Crippen LogP contribution in [0.4, 0.5) is 0 Å². The Labute approximate surface area is 201 Å². The molecule has 0 bridgehead atoms. The van der Waals surface area contributed by atoms with Crippen LogP contribution in [-0.2, 0) is 20.4 Å². The SMILES string of the molecule is CCC(CC)(NC(=O)C1CCN(S(=O)(=O)c2ccc(C(C)=O)cc2)CC1)c1ccc(Cl)cc1. The lowest BCUT2D eigenvalue weighted by atomic mass is 9.83. The van der Waals surface area contributed by atoms with Crippen LogP contribution < -0.4 is 5.32 Å². The number of benzene rings is 2. The summed E-state index contributed by atoms with van der Waals surface area (Å²) in [4.78, 5) is 24.8. The normalized spacial score (nSPS) is 15.9. The molecule has 178 valence electrons. The maximum atomic E-state index is 13.2. The van der Waals surface area contributed by atoms with Gasteiger partial charge in [-0.25, -0.2) is 8.42 Å². The van der Waals surface area contributed by atoms with Crippen LogP contribution in [0.1, 0.15) is 62.4 Å². The first-order valence-electron chi connectivity index (χ1n) is 11.3. The quantitative estimate of drug-likeness (QED) is 0.540. The van der Waals surface area contributed by atoms with E-state index < -0.39 is 15.6 Å². The maximum absolute atomic E-state index is 13.2. The number of carbonyl (C=O) groups is 2. The number of amides is 1. The molecule has 0 aromatic heterocycles. The van der Waals surface area contributed by atoms with E-state index in [2.05, 4.69) is 5.32 Å². The predicted octanol–water partition coefficient (Wildman–Crippen LogP) is 4.78. The van der Waals surface area contributed by atoms with E-state index >= 15 is 0 Å². The fourth-order valence-electron chi connectivity index (χ4n) is 4.38. The molecule has 0 radical (unpaired) electrons. The van der Waals surface area contributed by atoms with Crippen molar-refractivity contribution in [2.24, 2.45) is 5.92 Å². The number of nitrogens with one attached hydrogen (secondary N) is 1. The van der Waals surface area contributed by atoms with Crippen LogP contribution in [0.2, 0.25) is 5.02 Å². The lowest BCUT2D eigenvalue weighted by Gasteiger charge is -2.37. The molecule has 1 N–H and O–H groups in total. The zero-order valence-corrected chi connectivity index (χ0v) is 20.9. The Balaban J connectivity index is 1.67. The van der Waals surface area contributed by atoms with Crippen molar-refractivity contribution in [2.45, 2.75) is 56.9 Å². The van der Waals surface area contributed by atoms with Gasteiger partial charge in [0, 0.05) is 29.6 Å². The number of piperidine rings is 1. The van der Waals surface area contributed by atoms with Crippen LogP contribution in [-0.4, -0.2) is 37.5 Å². The summed E-state index contributed by atoms with van der Waals surface area (Å²) in [5.41, 5.74) is 1.00. The van der Waals surface area contributed by atoms with E-state index in [9.17, 15) is 18.0 Å². The summed E-state index contributed by atoms with van der Waals surface area (Å²) >= 11 is 6.04. The molecular weight excluding hydrogens is 460 g/mol. The summed E-state index contributed by atoms with van der Waals surface area (Å²) in [6, 6.07) is 13.5. The van der Waals surface area contributed by atoms with Gasteiger partial charge in [-0.05, 0) is 62.4 Å². The second-order valence-corrected chi connectivity index (χ2v) is 10.9. The molecule has 0 spiro atoms. The lowest BCUT2D eigenvalue weighted by Crippen LogP contribution is -2.50. The standard InChI is InChI=1S/C25H31ClN2O4S/c1-4-25(5-2,21-8-10-22(26)11-9-21)27-24(30)20-14-16-28(17-15-20)33(31,32)23-12-6-19(7-13-23)18(3)29/h6-13,20H,4-5,14-17H2,1-3H3,(H,27,30). The smallest absolute Gasteiger partial charge is 0.243 e. The summed E-state index contributed by atoms with van der Waals surface area (Å²) in [5, 5.41) is 3.90. The Hall–Kier alpha value is -2.22. The zero-order chi connectivity index (χ0) is 24.2. The van der Waals surface area contributed by atoms with Gasteiger partial charge in [0.25, 0.3) is 0 Å². The van der Waals surface area contributed by atoms with Crippen LogP contribution in [0.3, 0.4) is 0 Å². The molecule has 1 amide bonds. The predicted molar refractivity (Wildman–Crippen MR) is 130 cm³/mol. The zero-order valence-electron chi connectivity index (χ0n) is 19.3. The summed E-state index contributed by atoms with van der Waals surface area (Å²) < 4.78 is 27.4. The fourth-order valence-corrected chi connectivity index (χ4v) is 5.98. The number of carbonyl (C=O) groups excluding carboxylic acids is 2. The summed E-state index contributed by atoms with van der Waals surface area (Å²) in [6.45, 7) is 6.09. The minimum absolute atomic E-state index is 0.0449. The van der Waals surface area contributed by atoms with Gasteiger partial charge in [0.1, 0.15) is 0 Å². The molecule has 33 heavy (non-hydrogen) atoms. The molecule has 1 saturated heterocycles. The largest absolute Gasteiger partial charge is 0.346 e. The topological polar surface area (TPSA) is 83.6 Å². The molecule has 2 aromatic carbocycles. The lowest BCUT2D eigenvalue weighted by molar-refractivity contribution is -0.128. The number of nitrogens with zero attached hydrogens (tertiary/aromatic N) is 1. The van der Waals surface area contributed by atoms with Gasteiger partial charge in [-0.1, -0.05) is 49.7 Å². The van der Waals surface area contributed by atoms with E-state index in [1.165, 1.54) is 35.5 Å². The van der Waals surface area contributed by atoms with E-state index in [1.807, 2.05) is 38.1 Å². The van der Waals surface area contributed by atoms with Crippen LogP contribution in [0.25, 0.3) is 0 Å². The second kappa shape index (κ2) is 10.4. The van der Waals surface area contributed by atoms with Gasteiger partial charge in [-0.2, -0.15) is 4.31 Å². The Morgan fingerprint density at radius 3 is 2.03 bits per heavy atom. The third-order valence-corrected chi connectivity index (χ3v) is 8.85. The van der Waals surface area contributed by atoms with Crippen LogP contribution in [0, 0.1) is 5.92 Å². The van der Waals surface area contributed by atoms with Crippen LogP contribution in [0.5, 0.6) is 0 Å². The molecule has 3 rings (SSSR count). The summed E-state index contributed by atoms with van der Waals surface area (Å²) in [5.74, 6) is -0.405. The van der Waals surface area contributed by atoms with Gasteiger partial charge >= 0.3 is 0 Å². The average Bonchev–Trinajstić information content (AvgIpc) is 2.83. The van der Waals surface area contributed by atoms with Gasteiger partial charge in [-0.15, -0.1) is 0 Å². The maximum Gasteiger partial charge on any atom is 0.243 e. The Bertz CT molecular complexity index is 1090. The van der Waals surface area contributed by atoms with Gasteiger partial charge in [0.2, 0.25) is 15.9 Å². The molecule has 0 unspecified atom stereocenters. The number of hydrogen-bond donors (Lipinski definition) is 1. The molecule has 0 atom stereocenters. The molecule has 8 heteroatoms. The minimum Gasteiger partial charge on any atom is -0.346 e. The van der Waals surface area contributed by atoms with Gasteiger partial charge in [-0.3, -0.25) is 9.59 Å². The Morgan fingerprint density at radius 2 is 1.55 bits per heavy atom.